The Kier molecular flexibility index (Phi) is 4.74. The fraction of sp³-hybridized carbons (Fsp3) is 0.294. The molecule has 0 fully saturated rings. The van der Waals surface area contributed by atoms with Crippen LogP contribution in [0.4, 0.5) is 14.6 Å². The van der Waals surface area contributed by atoms with Gasteiger partial charge in [-0.05, 0) is 19.7 Å². The van der Waals surface area contributed by atoms with Crippen LogP contribution in [0.5, 0.6) is 0 Å². The predicted octanol–water partition coefficient (Wildman–Crippen LogP) is 1.32. The average molecular weight is 401 g/mol. The number of anilines is 1. The molecule has 1 aliphatic rings. The summed E-state index contributed by atoms with van der Waals surface area (Å²) in [6, 6.07) is 1.74. The summed E-state index contributed by atoms with van der Waals surface area (Å²) in [6.07, 6.45) is 1.50. The van der Waals surface area contributed by atoms with Gasteiger partial charge < -0.3 is 4.90 Å². The van der Waals surface area contributed by atoms with Gasteiger partial charge in [-0.3, -0.25) is 14.1 Å². The van der Waals surface area contributed by atoms with Crippen LogP contribution < -0.4 is 10.6 Å². The number of imidazole rings is 1. The minimum absolute atomic E-state index is 0.236. The molecule has 0 aromatic carbocycles. The van der Waals surface area contributed by atoms with Crippen molar-refractivity contribution in [2.75, 3.05) is 11.4 Å². The molecule has 0 saturated heterocycles. The summed E-state index contributed by atoms with van der Waals surface area (Å²) < 4.78 is 29.2. The SMILES string of the molecule is C=N/C(=C\n1c(-c2nccc(N3CCn4c(n[nH]c4=O)C3)n2)cnc1C)C(F)F. The zero-order valence-electron chi connectivity index (χ0n) is 15.5. The summed E-state index contributed by atoms with van der Waals surface area (Å²) in [4.78, 5) is 30.0. The number of rotatable bonds is 5. The van der Waals surface area contributed by atoms with Gasteiger partial charge in [-0.2, -0.15) is 5.10 Å². The Morgan fingerprint density at radius 3 is 2.97 bits per heavy atom. The van der Waals surface area contributed by atoms with Gasteiger partial charge >= 0.3 is 5.69 Å². The lowest BCUT2D eigenvalue weighted by molar-refractivity contribution is 0.189. The van der Waals surface area contributed by atoms with Crippen molar-refractivity contribution in [2.45, 2.75) is 26.4 Å². The molecule has 1 N–H and O–H groups in total. The number of halogens is 2. The van der Waals surface area contributed by atoms with Crippen molar-refractivity contribution >= 4 is 18.7 Å². The zero-order chi connectivity index (χ0) is 20.5. The van der Waals surface area contributed by atoms with Gasteiger partial charge in [-0.25, -0.2) is 33.6 Å². The molecule has 0 atom stereocenters. The topological polar surface area (TPSA) is 110 Å². The highest BCUT2D eigenvalue weighted by Gasteiger charge is 2.22. The summed E-state index contributed by atoms with van der Waals surface area (Å²) in [5, 5.41) is 6.46. The molecule has 0 amide bonds. The number of nitrogens with one attached hydrogen (secondary N) is 1. The van der Waals surface area contributed by atoms with Gasteiger partial charge in [0.25, 0.3) is 6.43 Å². The Morgan fingerprint density at radius 1 is 1.38 bits per heavy atom. The van der Waals surface area contributed by atoms with Crippen LogP contribution in [0, 0.1) is 6.92 Å². The minimum atomic E-state index is -2.77. The standard InChI is InChI=1S/C17H17F2N9O/c1-10-22-7-12(28(10)8-11(20-2)15(18)19)16-21-4-3-13(23-16)26-5-6-27-14(9-26)24-25-17(27)29/h3-4,7-8,15H,2,5-6,9H2,1H3,(H,25,29)/b11-8-. The first-order chi connectivity index (χ1) is 14.0. The number of H-pyrrole nitrogens is 1. The first kappa shape index (κ1) is 18.7. The van der Waals surface area contributed by atoms with E-state index in [1.54, 1.807) is 23.8 Å². The molecule has 0 unspecified atom stereocenters. The quantitative estimate of drug-likeness (QED) is 0.646. The molecular formula is C17H17F2N9O. The number of hydrogen-bond donors (Lipinski definition) is 1. The van der Waals surface area contributed by atoms with E-state index < -0.39 is 12.1 Å². The molecule has 3 aromatic rings. The zero-order valence-corrected chi connectivity index (χ0v) is 15.5. The molecule has 3 aromatic heterocycles. The minimum Gasteiger partial charge on any atom is -0.347 e. The van der Waals surface area contributed by atoms with Gasteiger partial charge in [0.1, 0.15) is 23.0 Å². The van der Waals surface area contributed by atoms with Crippen molar-refractivity contribution in [2.24, 2.45) is 4.99 Å². The van der Waals surface area contributed by atoms with Gasteiger partial charge in [0.2, 0.25) is 0 Å². The molecule has 0 aliphatic carbocycles. The molecule has 29 heavy (non-hydrogen) atoms. The van der Waals surface area contributed by atoms with E-state index in [-0.39, 0.29) is 5.69 Å². The lowest BCUT2D eigenvalue weighted by Gasteiger charge is -2.27. The number of aliphatic imine (C=N–C) groups is 1. The van der Waals surface area contributed by atoms with Crippen LogP contribution in [0.25, 0.3) is 17.7 Å². The van der Waals surface area contributed by atoms with Gasteiger partial charge in [0.15, 0.2) is 11.6 Å². The van der Waals surface area contributed by atoms with Crippen molar-refractivity contribution < 1.29 is 8.78 Å². The van der Waals surface area contributed by atoms with Crippen molar-refractivity contribution in [3.8, 4) is 11.5 Å². The van der Waals surface area contributed by atoms with Crippen LogP contribution in [0.2, 0.25) is 0 Å². The van der Waals surface area contributed by atoms with E-state index in [0.29, 0.717) is 48.6 Å². The number of aromatic nitrogens is 7. The van der Waals surface area contributed by atoms with E-state index in [1.165, 1.54) is 17.0 Å². The molecule has 1 aliphatic heterocycles. The third-order valence-electron chi connectivity index (χ3n) is 4.61. The number of allylic oxidation sites excluding steroid dienone is 1. The maximum Gasteiger partial charge on any atom is 0.343 e. The second-order valence-electron chi connectivity index (χ2n) is 6.33. The van der Waals surface area contributed by atoms with Crippen LogP contribution in [0.15, 0.2) is 33.9 Å². The summed E-state index contributed by atoms with van der Waals surface area (Å²) in [5.74, 6) is 2.04. The average Bonchev–Trinajstić information content (AvgIpc) is 3.28. The Labute approximate surface area is 163 Å². The second kappa shape index (κ2) is 7.37. The Hall–Kier alpha value is -3.70. The number of fused-ring (bicyclic) bond motifs is 1. The second-order valence-corrected chi connectivity index (χ2v) is 6.33. The molecule has 0 bridgehead atoms. The normalized spacial score (nSPS) is 14.3. The molecule has 10 nitrogen and oxygen atoms in total. The first-order valence-corrected chi connectivity index (χ1v) is 8.70. The third kappa shape index (κ3) is 3.44. The van der Waals surface area contributed by atoms with Crippen LogP contribution >= 0.6 is 0 Å². The summed E-state index contributed by atoms with van der Waals surface area (Å²) in [7, 11) is 0. The van der Waals surface area contributed by atoms with Gasteiger partial charge in [-0.1, -0.05) is 0 Å². The number of aromatic amines is 1. The summed E-state index contributed by atoms with van der Waals surface area (Å²) >= 11 is 0. The van der Waals surface area contributed by atoms with Crippen molar-refractivity contribution in [1.29, 1.82) is 0 Å². The lowest BCUT2D eigenvalue weighted by atomic mass is 10.3. The van der Waals surface area contributed by atoms with Gasteiger partial charge in [-0.15, -0.1) is 0 Å². The van der Waals surface area contributed by atoms with E-state index in [2.05, 4.69) is 36.9 Å². The van der Waals surface area contributed by atoms with Crippen molar-refractivity contribution in [3.63, 3.8) is 0 Å². The molecule has 4 heterocycles. The third-order valence-corrected chi connectivity index (χ3v) is 4.61. The summed E-state index contributed by atoms with van der Waals surface area (Å²) in [5.41, 5.74) is -0.268. The number of nitrogens with zero attached hydrogens (tertiary/aromatic N) is 8. The number of alkyl halides is 2. The molecule has 0 saturated carbocycles. The molecular weight excluding hydrogens is 384 g/mol. The smallest absolute Gasteiger partial charge is 0.343 e. The molecule has 4 rings (SSSR count). The van der Waals surface area contributed by atoms with E-state index in [0.717, 1.165) is 0 Å². The van der Waals surface area contributed by atoms with Gasteiger partial charge in [0, 0.05) is 25.5 Å². The number of hydrogen-bond acceptors (Lipinski definition) is 7. The fourth-order valence-electron chi connectivity index (χ4n) is 3.10. The van der Waals surface area contributed by atoms with Crippen LogP contribution in [0.1, 0.15) is 11.6 Å². The van der Waals surface area contributed by atoms with Crippen molar-refractivity contribution in [3.05, 3.63) is 46.3 Å². The van der Waals surface area contributed by atoms with E-state index in [9.17, 15) is 13.6 Å². The molecule has 0 radical (unpaired) electrons. The Bertz CT molecular complexity index is 1140. The van der Waals surface area contributed by atoms with E-state index in [1.807, 2.05) is 4.90 Å². The highest BCUT2D eigenvalue weighted by molar-refractivity contribution is 5.58. The van der Waals surface area contributed by atoms with Crippen molar-refractivity contribution in [1.82, 2.24) is 34.3 Å². The van der Waals surface area contributed by atoms with Crippen LogP contribution in [-0.2, 0) is 13.1 Å². The first-order valence-electron chi connectivity index (χ1n) is 8.70. The van der Waals surface area contributed by atoms with E-state index >= 15 is 0 Å². The molecule has 150 valence electrons. The van der Waals surface area contributed by atoms with Gasteiger partial charge in [0.05, 0.1) is 12.7 Å². The maximum absolute atomic E-state index is 13.1. The highest BCUT2D eigenvalue weighted by atomic mass is 19.3. The van der Waals surface area contributed by atoms with Crippen LogP contribution in [0.3, 0.4) is 0 Å². The maximum atomic E-state index is 13.1. The largest absolute Gasteiger partial charge is 0.347 e. The lowest BCUT2D eigenvalue weighted by Crippen LogP contribution is -2.37. The predicted molar refractivity (Wildman–Crippen MR) is 102 cm³/mol. The monoisotopic (exact) mass is 401 g/mol. The Morgan fingerprint density at radius 2 is 2.21 bits per heavy atom. The van der Waals surface area contributed by atoms with E-state index in [4.69, 9.17) is 0 Å². The summed E-state index contributed by atoms with van der Waals surface area (Å²) in [6.45, 7) is 6.32. The molecule has 12 heteroatoms. The van der Waals surface area contributed by atoms with Crippen LogP contribution in [-0.4, -0.2) is 54.0 Å². The number of aryl methyl sites for hydroxylation is 1. The highest BCUT2D eigenvalue weighted by Crippen LogP contribution is 2.23. The fourth-order valence-corrected chi connectivity index (χ4v) is 3.10. The molecule has 0 spiro atoms. The Balaban J connectivity index is 1.69.